The van der Waals surface area contributed by atoms with E-state index in [2.05, 4.69) is 16.4 Å². The lowest BCUT2D eigenvalue weighted by molar-refractivity contribution is 0.415. The molecule has 0 radical (unpaired) electrons. The Balaban J connectivity index is 1.58. The molecule has 2 fully saturated rings. The number of rotatable bonds is 3. The number of aromatic nitrogens is 1. The molecule has 3 atom stereocenters. The molecule has 2 saturated carbocycles. The standard InChI is InChI=1S/C15H18N2OS/c1-18-11-4-5-12-14(8-11)19-15(16-12)17-13-7-9-2-3-10(13)6-9/h4-5,8-10,13H,2-3,6-7H2,1H3,(H,16,17). The highest BCUT2D eigenvalue weighted by Gasteiger charge is 2.39. The summed E-state index contributed by atoms with van der Waals surface area (Å²) in [5.74, 6) is 2.76. The van der Waals surface area contributed by atoms with E-state index in [1.54, 1.807) is 18.4 Å². The molecular weight excluding hydrogens is 256 g/mol. The number of ether oxygens (including phenoxy) is 1. The van der Waals surface area contributed by atoms with Gasteiger partial charge in [0, 0.05) is 6.04 Å². The van der Waals surface area contributed by atoms with Crippen LogP contribution in [0.3, 0.4) is 0 Å². The van der Waals surface area contributed by atoms with Gasteiger partial charge in [-0.3, -0.25) is 0 Å². The molecule has 1 aromatic heterocycles. The zero-order chi connectivity index (χ0) is 12.8. The molecule has 1 N–H and O–H groups in total. The molecule has 2 aromatic rings. The first-order valence-electron chi connectivity index (χ1n) is 7.03. The Kier molecular flexibility index (Phi) is 2.65. The van der Waals surface area contributed by atoms with Crippen LogP contribution in [0.25, 0.3) is 10.2 Å². The van der Waals surface area contributed by atoms with Crippen LogP contribution in [0.5, 0.6) is 5.75 Å². The van der Waals surface area contributed by atoms with Crippen LogP contribution in [-0.4, -0.2) is 18.1 Å². The predicted molar refractivity (Wildman–Crippen MR) is 79.0 cm³/mol. The minimum atomic E-state index is 0.654. The van der Waals surface area contributed by atoms with Crippen molar-refractivity contribution in [3.63, 3.8) is 0 Å². The van der Waals surface area contributed by atoms with Crippen molar-refractivity contribution in [2.75, 3.05) is 12.4 Å². The lowest BCUT2D eigenvalue weighted by Gasteiger charge is -2.22. The van der Waals surface area contributed by atoms with E-state index in [0.29, 0.717) is 6.04 Å². The molecule has 0 saturated heterocycles. The predicted octanol–water partition coefficient (Wildman–Crippen LogP) is 3.91. The van der Waals surface area contributed by atoms with Crippen molar-refractivity contribution in [2.45, 2.75) is 31.7 Å². The molecule has 0 aliphatic heterocycles. The van der Waals surface area contributed by atoms with Gasteiger partial charge in [-0.2, -0.15) is 0 Å². The Morgan fingerprint density at radius 1 is 1.32 bits per heavy atom. The highest BCUT2D eigenvalue weighted by Crippen LogP contribution is 2.46. The first kappa shape index (κ1) is 11.5. The van der Waals surface area contributed by atoms with E-state index in [4.69, 9.17) is 4.74 Å². The molecule has 19 heavy (non-hydrogen) atoms. The first-order chi connectivity index (χ1) is 9.31. The monoisotopic (exact) mass is 274 g/mol. The van der Waals surface area contributed by atoms with Crippen molar-refractivity contribution in [2.24, 2.45) is 11.8 Å². The molecule has 2 bridgehead atoms. The highest BCUT2D eigenvalue weighted by molar-refractivity contribution is 7.22. The zero-order valence-corrected chi connectivity index (χ0v) is 11.9. The number of thiazole rings is 1. The topological polar surface area (TPSA) is 34.1 Å². The van der Waals surface area contributed by atoms with E-state index in [1.807, 2.05) is 12.1 Å². The third-order valence-electron chi connectivity index (χ3n) is 4.64. The number of benzene rings is 1. The fourth-order valence-corrected chi connectivity index (χ4v) is 4.63. The average molecular weight is 274 g/mol. The number of methoxy groups -OCH3 is 1. The van der Waals surface area contributed by atoms with Gasteiger partial charge in [0.05, 0.1) is 17.3 Å². The maximum atomic E-state index is 5.26. The molecule has 2 aliphatic carbocycles. The fraction of sp³-hybridized carbons (Fsp3) is 0.533. The number of fused-ring (bicyclic) bond motifs is 3. The summed E-state index contributed by atoms with van der Waals surface area (Å²) in [6, 6.07) is 6.74. The van der Waals surface area contributed by atoms with Gasteiger partial charge in [-0.25, -0.2) is 4.98 Å². The normalized spacial score (nSPS) is 29.0. The van der Waals surface area contributed by atoms with Gasteiger partial charge in [0.2, 0.25) is 0 Å². The van der Waals surface area contributed by atoms with Gasteiger partial charge in [-0.15, -0.1) is 0 Å². The van der Waals surface area contributed by atoms with Crippen LogP contribution in [0.15, 0.2) is 18.2 Å². The highest BCUT2D eigenvalue weighted by atomic mass is 32.1. The third-order valence-corrected chi connectivity index (χ3v) is 5.59. The van der Waals surface area contributed by atoms with Crippen molar-refractivity contribution >= 4 is 26.7 Å². The van der Waals surface area contributed by atoms with Gasteiger partial charge in [-0.1, -0.05) is 17.8 Å². The molecule has 1 aromatic carbocycles. The third kappa shape index (κ3) is 1.98. The Labute approximate surface area is 117 Å². The Morgan fingerprint density at radius 2 is 2.26 bits per heavy atom. The summed E-state index contributed by atoms with van der Waals surface area (Å²) in [5.41, 5.74) is 1.07. The quantitative estimate of drug-likeness (QED) is 0.921. The van der Waals surface area contributed by atoms with Gasteiger partial charge in [0.1, 0.15) is 5.75 Å². The summed E-state index contributed by atoms with van der Waals surface area (Å²) in [6.07, 6.45) is 5.61. The first-order valence-corrected chi connectivity index (χ1v) is 7.84. The summed E-state index contributed by atoms with van der Waals surface area (Å²) in [4.78, 5) is 4.69. The Hall–Kier alpha value is -1.29. The largest absolute Gasteiger partial charge is 0.497 e. The van der Waals surface area contributed by atoms with E-state index in [9.17, 15) is 0 Å². The van der Waals surface area contributed by atoms with Gasteiger partial charge < -0.3 is 10.1 Å². The Morgan fingerprint density at radius 3 is 3.00 bits per heavy atom. The second kappa shape index (κ2) is 4.37. The van der Waals surface area contributed by atoms with Gasteiger partial charge >= 0.3 is 0 Å². The molecule has 2 aliphatic rings. The van der Waals surface area contributed by atoms with Crippen molar-refractivity contribution in [1.29, 1.82) is 0 Å². The number of hydrogen-bond acceptors (Lipinski definition) is 4. The molecule has 4 heteroatoms. The molecular formula is C15H18N2OS. The van der Waals surface area contributed by atoms with Gasteiger partial charge in [0.15, 0.2) is 5.13 Å². The van der Waals surface area contributed by atoms with Gasteiger partial charge in [0.25, 0.3) is 0 Å². The molecule has 100 valence electrons. The van der Waals surface area contributed by atoms with E-state index in [1.165, 1.54) is 30.4 Å². The minimum Gasteiger partial charge on any atom is -0.497 e. The summed E-state index contributed by atoms with van der Waals surface area (Å²) in [7, 11) is 1.70. The summed E-state index contributed by atoms with van der Waals surface area (Å²) < 4.78 is 6.46. The second-order valence-corrected chi connectivity index (χ2v) is 6.81. The van der Waals surface area contributed by atoms with E-state index in [-0.39, 0.29) is 0 Å². The molecule has 0 spiro atoms. The van der Waals surface area contributed by atoms with Crippen LogP contribution >= 0.6 is 11.3 Å². The van der Waals surface area contributed by atoms with Crippen molar-refractivity contribution < 1.29 is 4.74 Å². The maximum absolute atomic E-state index is 5.26. The van der Waals surface area contributed by atoms with E-state index < -0.39 is 0 Å². The summed E-state index contributed by atoms with van der Waals surface area (Å²) in [6.45, 7) is 0. The van der Waals surface area contributed by atoms with E-state index in [0.717, 1.165) is 28.2 Å². The van der Waals surface area contributed by atoms with Gasteiger partial charge in [-0.05, 0) is 49.3 Å². The lowest BCUT2D eigenvalue weighted by atomic mass is 9.96. The van der Waals surface area contributed by atoms with Crippen LogP contribution in [-0.2, 0) is 0 Å². The number of hydrogen-bond donors (Lipinski definition) is 1. The minimum absolute atomic E-state index is 0.654. The van der Waals surface area contributed by atoms with Crippen molar-refractivity contribution in [3.8, 4) is 5.75 Å². The fourth-order valence-electron chi connectivity index (χ4n) is 3.67. The van der Waals surface area contributed by atoms with E-state index >= 15 is 0 Å². The summed E-state index contributed by atoms with van der Waals surface area (Å²) >= 11 is 1.74. The Bertz CT molecular complexity index is 609. The number of nitrogens with one attached hydrogen (secondary N) is 1. The van der Waals surface area contributed by atoms with Crippen LogP contribution in [0.4, 0.5) is 5.13 Å². The zero-order valence-electron chi connectivity index (χ0n) is 11.1. The second-order valence-electron chi connectivity index (χ2n) is 5.78. The smallest absolute Gasteiger partial charge is 0.184 e. The molecule has 3 unspecified atom stereocenters. The maximum Gasteiger partial charge on any atom is 0.184 e. The SMILES string of the molecule is COc1ccc2nc(NC3CC4CCC3C4)sc2c1. The number of nitrogens with zero attached hydrogens (tertiary/aromatic N) is 1. The summed E-state index contributed by atoms with van der Waals surface area (Å²) in [5, 5.41) is 4.74. The lowest BCUT2D eigenvalue weighted by Crippen LogP contribution is -2.25. The number of anilines is 1. The molecule has 4 rings (SSSR count). The molecule has 1 heterocycles. The van der Waals surface area contributed by atoms with Crippen LogP contribution in [0, 0.1) is 11.8 Å². The average Bonchev–Trinajstić information content (AvgIpc) is 3.11. The van der Waals surface area contributed by atoms with Crippen LogP contribution in [0.2, 0.25) is 0 Å². The van der Waals surface area contributed by atoms with Crippen molar-refractivity contribution in [1.82, 2.24) is 4.98 Å². The van der Waals surface area contributed by atoms with Crippen molar-refractivity contribution in [3.05, 3.63) is 18.2 Å². The van der Waals surface area contributed by atoms with Crippen LogP contribution < -0.4 is 10.1 Å². The van der Waals surface area contributed by atoms with Crippen LogP contribution in [0.1, 0.15) is 25.7 Å². The molecule has 3 nitrogen and oxygen atoms in total. The molecule has 0 amide bonds.